The lowest BCUT2D eigenvalue weighted by molar-refractivity contribution is 0.127. The van der Waals surface area contributed by atoms with Crippen LogP contribution in [0.4, 0.5) is 4.79 Å². The van der Waals surface area contributed by atoms with Crippen molar-refractivity contribution in [2.75, 3.05) is 46.4 Å². The van der Waals surface area contributed by atoms with E-state index in [0.29, 0.717) is 13.2 Å². The summed E-state index contributed by atoms with van der Waals surface area (Å²) in [6.07, 6.45) is 1.69. The van der Waals surface area contributed by atoms with Gasteiger partial charge in [-0.1, -0.05) is 0 Å². The van der Waals surface area contributed by atoms with Crippen LogP contribution in [0.2, 0.25) is 0 Å². The molecular formula is C13H21N3O3. The molecule has 1 aliphatic heterocycles. The number of hydrogen-bond acceptors (Lipinski definition) is 4. The lowest BCUT2D eigenvalue weighted by atomic mass is 10.3. The van der Waals surface area contributed by atoms with Crippen molar-refractivity contribution in [1.82, 2.24) is 15.1 Å². The molecule has 0 aliphatic carbocycles. The summed E-state index contributed by atoms with van der Waals surface area (Å²) < 4.78 is 10.2. The summed E-state index contributed by atoms with van der Waals surface area (Å²) in [5.74, 6) is 0.970. The van der Waals surface area contributed by atoms with Crippen molar-refractivity contribution < 1.29 is 13.9 Å². The monoisotopic (exact) mass is 267 g/mol. The molecule has 6 nitrogen and oxygen atoms in total. The second-order valence-corrected chi connectivity index (χ2v) is 4.57. The number of carbonyl (C=O) groups excluding carboxylic acids is 1. The molecule has 0 atom stereocenters. The van der Waals surface area contributed by atoms with Gasteiger partial charge in [-0.05, 0) is 12.1 Å². The predicted octanol–water partition coefficient (Wildman–Crippen LogP) is 0.753. The van der Waals surface area contributed by atoms with E-state index >= 15 is 0 Å². The molecule has 1 aliphatic rings. The summed E-state index contributed by atoms with van der Waals surface area (Å²) in [5.41, 5.74) is 0. The van der Waals surface area contributed by atoms with Gasteiger partial charge in [0.05, 0.1) is 19.4 Å². The van der Waals surface area contributed by atoms with E-state index in [0.717, 1.165) is 38.5 Å². The number of rotatable bonds is 5. The van der Waals surface area contributed by atoms with Crippen LogP contribution in [0.3, 0.4) is 0 Å². The molecule has 6 heteroatoms. The van der Waals surface area contributed by atoms with Crippen molar-refractivity contribution in [1.29, 1.82) is 0 Å². The molecule has 0 aromatic carbocycles. The van der Waals surface area contributed by atoms with Crippen LogP contribution in [0.15, 0.2) is 22.8 Å². The molecule has 2 rings (SSSR count). The van der Waals surface area contributed by atoms with Gasteiger partial charge in [0.25, 0.3) is 0 Å². The third-order valence-electron chi connectivity index (χ3n) is 3.20. The van der Waals surface area contributed by atoms with E-state index in [4.69, 9.17) is 9.15 Å². The van der Waals surface area contributed by atoms with Gasteiger partial charge in [-0.3, -0.25) is 4.90 Å². The maximum atomic E-state index is 11.8. The minimum atomic E-state index is -0.00491. The molecule has 19 heavy (non-hydrogen) atoms. The quantitative estimate of drug-likeness (QED) is 0.800. The smallest absolute Gasteiger partial charge is 0.317 e. The summed E-state index contributed by atoms with van der Waals surface area (Å²) in [5, 5.41) is 2.84. The molecule has 106 valence electrons. The van der Waals surface area contributed by atoms with Crippen molar-refractivity contribution >= 4 is 6.03 Å². The van der Waals surface area contributed by atoms with Crippen molar-refractivity contribution in [2.24, 2.45) is 0 Å². The number of nitrogens with zero attached hydrogens (tertiary/aromatic N) is 2. The first-order chi connectivity index (χ1) is 9.29. The highest BCUT2D eigenvalue weighted by Crippen LogP contribution is 2.08. The van der Waals surface area contributed by atoms with Crippen molar-refractivity contribution in [3.8, 4) is 0 Å². The largest absolute Gasteiger partial charge is 0.468 e. The molecule has 0 saturated carbocycles. The molecule has 0 radical (unpaired) electrons. The van der Waals surface area contributed by atoms with E-state index in [9.17, 15) is 4.79 Å². The molecular weight excluding hydrogens is 246 g/mol. The fourth-order valence-corrected chi connectivity index (χ4v) is 2.10. The van der Waals surface area contributed by atoms with Gasteiger partial charge in [0.15, 0.2) is 0 Å². The average Bonchev–Trinajstić information content (AvgIpc) is 2.93. The molecule has 2 heterocycles. The van der Waals surface area contributed by atoms with Gasteiger partial charge in [-0.2, -0.15) is 0 Å². The van der Waals surface area contributed by atoms with Crippen molar-refractivity contribution in [3.05, 3.63) is 24.2 Å². The number of furan rings is 1. The second kappa shape index (κ2) is 7.16. The number of methoxy groups -OCH3 is 1. The van der Waals surface area contributed by atoms with Gasteiger partial charge in [0, 0.05) is 39.8 Å². The Kier molecular flexibility index (Phi) is 5.23. The zero-order chi connectivity index (χ0) is 13.5. The van der Waals surface area contributed by atoms with Crippen LogP contribution in [0.1, 0.15) is 5.76 Å². The topological polar surface area (TPSA) is 58.0 Å². The third kappa shape index (κ3) is 4.25. The molecule has 0 bridgehead atoms. The van der Waals surface area contributed by atoms with Gasteiger partial charge in [0.1, 0.15) is 5.76 Å². The minimum Gasteiger partial charge on any atom is -0.468 e. The Hall–Kier alpha value is -1.53. The van der Waals surface area contributed by atoms with Crippen LogP contribution in [-0.4, -0.2) is 62.3 Å². The molecule has 0 unspecified atom stereocenters. The molecule has 2 amide bonds. The van der Waals surface area contributed by atoms with Gasteiger partial charge in [-0.15, -0.1) is 0 Å². The van der Waals surface area contributed by atoms with Crippen LogP contribution in [0, 0.1) is 0 Å². The highest BCUT2D eigenvalue weighted by atomic mass is 16.5. The zero-order valence-electron chi connectivity index (χ0n) is 11.3. The average molecular weight is 267 g/mol. The summed E-state index contributed by atoms with van der Waals surface area (Å²) in [6.45, 7) is 5.16. The maximum absolute atomic E-state index is 11.8. The predicted molar refractivity (Wildman–Crippen MR) is 70.8 cm³/mol. The first-order valence-electron chi connectivity index (χ1n) is 6.56. The molecule has 1 saturated heterocycles. The van der Waals surface area contributed by atoms with E-state index in [1.54, 1.807) is 13.4 Å². The normalized spacial score (nSPS) is 16.6. The van der Waals surface area contributed by atoms with E-state index < -0.39 is 0 Å². The number of ether oxygens (including phenoxy) is 1. The van der Waals surface area contributed by atoms with Crippen LogP contribution < -0.4 is 5.32 Å². The first-order valence-corrected chi connectivity index (χ1v) is 6.56. The molecule has 0 spiro atoms. The van der Waals surface area contributed by atoms with E-state index in [1.165, 1.54) is 0 Å². The number of urea groups is 1. The molecule has 1 aromatic rings. The van der Waals surface area contributed by atoms with E-state index in [2.05, 4.69) is 10.2 Å². The van der Waals surface area contributed by atoms with Gasteiger partial charge < -0.3 is 19.4 Å². The Labute approximate surface area is 113 Å². The fraction of sp³-hybridized carbons (Fsp3) is 0.615. The Morgan fingerprint density at radius 1 is 1.42 bits per heavy atom. The lowest BCUT2D eigenvalue weighted by Crippen LogP contribution is -2.51. The van der Waals surface area contributed by atoms with Gasteiger partial charge in [-0.25, -0.2) is 4.79 Å². The summed E-state index contributed by atoms with van der Waals surface area (Å²) >= 11 is 0. The Morgan fingerprint density at radius 3 is 2.84 bits per heavy atom. The second-order valence-electron chi connectivity index (χ2n) is 4.57. The lowest BCUT2D eigenvalue weighted by Gasteiger charge is -2.34. The van der Waals surface area contributed by atoms with Crippen LogP contribution >= 0.6 is 0 Å². The Balaban J connectivity index is 1.68. The fourth-order valence-electron chi connectivity index (χ4n) is 2.10. The van der Waals surface area contributed by atoms with E-state index in [1.807, 2.05) is 17.0 Å². The third-order valence-corrected chi connectivity index (χ3v) is 3.20. The number of amides is 2. The summed E-state index contributed by atoms with van der Waals surface area (Å²) in [7, 11) is 1.62. The van der Waals surface area contributed by atoms with Crippen molar-refractivity contribution in [3.63, 3.8) is 0 Å². The number of nitrogens with one attached hydrogen (secondary N) is 1. The van der Waals surface area contributed by atoms with Crippen LogP contribution in [0.25, 0.3) is 0 Å². The van der Waals surface area contributed by atoms with Crippen LogP contribution in [-0.2, 0) is 11.3 Å². The highest BCUT2D eigenvalue weighted by molar-refractivity contribution is 5.74. The van der Waals surface area contributed by atoms with Crippen molar-refractivity contribution in [2.45, 2.75) is 6.54 Å². The van der Waals surface area contributed by atoms with Crippen LogP contribution in [0.5, 0.6) is 0 Å². The van der Waals surface area contributed by atoms with E-state index in [-0.39, 0.29) is 6.03 Å². The molecule has 1 N–H and O–H groups in total. The van der Waals surface area contributed by atoms with Gasteiger partial charge in [0.2, 0.25) is 0 Å². The summed E-state index contributed by atoms with van der Waals surface area (Å²) in [6, 6.07) is 3.87. The van der Waals surface area contributed by atoms with Gasteiger partial charge >= 0.3 is 6.03 Å². The SMILES string of the molecule is COCCNC(=O)N1CCN(Cc2ccco2)CC1. The minimum absolute atomic E-state index is 0.00491. The number of hydrogen-bond donors (Lipinski definition) is 1. The zero-order valence-corrected chi connectivity index (χ0v) is 11.3. The summed E-state index contributed by atoms with van der Waals surface area (Å²) in [4.78, 5) is 15.9. The number of piperazine rings is 1. The number of carbonyl (C=O) groups is 1. The first kappa shape index (κ1) is 13.9. The standard InChI is InChI=1S/C13H21N3O3/c1-18-10-4-14-13(17)16-7-5-15(6-8-16)11-12-3-2-9-19-12/h2-3,9H,4-8,10-11H2,1H3,(H,14,17). The highest BCUT2D eigenvalue weighted by Gasteiger charge is 2.21. The maximum Gasteiger partial charge on any atom is 0.317 e. The molecule has 1 fully saturated rings. The molecule has 1 aromatic heterocycles. The Morgan fingerprint density at radius 2 is 2.21 bits per heavy atom. The Bertz CT molecular complexity index is 372.